The fourth-order valence-electron chi connectivity index (χ4n) is 2.77. The molecule has 1 aliphatic rings. The number of nitrogens with one attached hydrogen (secondary N) is 1. The molecule has 0 saturated heterocycles. The lowest BCUT2D eigenvalue weighted by atomic mass is 9.91. The Morgan fingerprint density at radius 3 is 2.56 bits per heavy atom. The maximum absolute atomic E-state index is 3.62. The maximum Gasteiger partial charge on any atom is 0.0346 e. The van der Waals surface area contributed by atoms with E-state index in [-0.39, 0.29) is 0 Å². The van der Waals surface area contributed by atoms with E-state index >= 15 is 0 Å². The second-order valence-electron chi connectivity index (χ2n) is 4.82. The zero-order valence-electron chi connectivity index (χ0n) is 10.1. The first kappa shape index (κ1) is 12.1. The van der Waals surface area contributed by atoms with Gasteiger partial charge in [0, 0.05) is 10.5 Å². The molecule has 1 atom stereocenters. The first-order valence-electron chi connectivity index (χ1n) is 6.15. The number of benzene rings is 1. The van der Waals surface area contributed by atoms with Crippen LogP contribution >= 0.6 is 15.9 Å². The molecule has 1 saturated carbocycles. The molecular weight excluding hydrogens is 262 g/mol. The molecule has 1 nitrogen and oxygen atoms in total. The molecule has 2 heteroatoms. The molecule has 1 aliphatic carbocycles. The van der Waals surface area contributed by atoms with Crippen molar-refractivity contribution in [3.05, 3.63) is 33.8 Å². The molecule has 0 aliphatic heterocycles. The first-order valence-corrected chi connectivity index (χ1v) is 6.95. The minimum Gasteiger partial charge on any atom is -0.313 e. The fraction of sp³-hybridized carbons (Fsp3) is 0.571. The highest BCUT2D eigenvalue weighted by Gasteiger charge is 2.25. The predicted octanol–water partition coefficient (Wildman–Crippen LogP) is 4.21. The summed E-state index contributed by atoms with van der Waals surface area (Å²) in [5.41, 5.74) is 2.73. The van der Waals surface area contributed by atoms with Crippen molar-refractivity contribution in [1.82, 2.24) is 5.32 Å². The Hall–Kier alpha value is -0.340. The van der Waals surface area contributed by atoms with Gasteiger partial charge >= 0.3 is 0 Å². The first-order chi connectivity index (χ1) is 7.72. The van der Waals surface area contributed by atoms with Gasteiger partial charge in [0.15, 0.2) is 0 Å². The third-order valence-corrected chi connectivity index (χ3v) is 4.59. The molecule has 1 aromatic carbocycles. The highest BCUT2D eigenvalue weighted by molar-refractivity contribution is 9.10. The Balaban J connectivity index is 2.22. The summed E-state index contributed by atoms with van der Waals surface area (Å²) in [6, 6.07) is 7.27. The van der Waals surface area contributed by atoms with Crippen molar-refractivity contribution in [2.75, 3.05) is 7.05 Å². The van der Waals surface area contributed by atoms with E-state index in [1.807, 2.05) is 0 Å². The minimum atomic E-state index is 0.527. The third kappa shape index (κ3) is 2.49. The van der Waals surface area contributed by atoms with E-state index in [9.17, 15) is 0 Å². The Bertz CT molecular complexity index is 356. The molecule has 1 aromatic rings. The van der Waals surface area contributed by atoms with Crippen LogP contribution in [0.3, 0.4) is 0 Å². The highest BCUT2D eigenvalue weighted by Crippen LogP contribution is 2.36. The lowest BCUT2D eigenvalue weighted by Gasteiger charge is -2.23. The average molecular weight is 282 g/mol. The van der Waals surface area contributed by atoms with E-state index in [2.05, 4.69) is 53.4 Å². The van der Waals surface area contributed by atoms with Gasteiger partial charge in [0.2, 0.25) is 0 Å². The largest absolute Gasteiger partial charge is 0.313 e. The smallest absolute Gasteiger partial charge is 0.0346 e. The van der Waals surface area contributed by atoms with Crippen LogP contribution in [0.1, 0.15) is 42.9 Å². The SMILES string of the molecule is CNC(c1ccc(C)c(Br)c1)C1CCCC1. The van der Waals surface area contributed by atoms with E-state index in [0.29, 0.717) is 6.04 Å². The third-order valence-electron chi connectivity index (χ3n) is 3.74. The van der Waals surface area contributed by atoms with Gasteiger partial charge in [-0.05, 0) is 49.9 Å². The highest BCUT2D eigenvalue weighted by atomic mass is 79.9. The molecule has 88 valence electrons. The molecule has 2 rings (SSSR count). The number of rotatable bonds is 3. The number of hydrogen-bond acceptors (Lipinski definition) is 1. The van der Waals surface area contributed by atoms with Crippen molar-refractivity contribution in [3.8, 4) is 0 Å². The summed E-state index contributed by atoms with van der Waals surface area (Å²) in [7, 11) is 2.08. The van der Waals surface area contributed by atoms with Crippen LogP contribution in [-0.4, -0.2) is 7.05 Å². The molecule has 1 unspecified atom stereocenters. The van der Waals surface area contributed by atoms with Crippen LogP contribution in [0.25, 0.3) is 0 Å². The van der Waals surface area contributed by atoms with Crippen molar-refractivity contribution < 1.29 is 0 Å². The zero-order chi connectivity index (χ0) is 11.5. The summed E-state index contributed by atoms with van der Waals surface area (Å²) in [4.78, 5) is 0. The van der Waals surface area contributed by atoms with Gasteiger partial charge in [0.25, 0.3) is 0 Å². The molecule has 1 N–H and O–H groups in total. The summed E-state index contributed by atoms with van der Waals surface area (Å²) in [6.45, 7) is 2.14. The van der Waals surface area contributed by atoms with Gasteiger partial charge in [-0.2, -0.15) is 0 Å². The van der Waals surface area contributed by atoms with Crippen LogP contribution < -0.4 is 5.32 Å². The Kier molecular flexibility index (Phi) is 4.04. The maximum atomic E-state index is 3.62. The second-order valence-corrected chi connectivity index (χ2v) is 5.67. The Morgan fingerprint density at radius 1 is 1.31 bits per heavy atom. The topological polar surface area (TPSA) is 12.0 Å². The standard InChI is InChI=1S/C14H20BrN/c1-10-7-8-12(9-13(10)15)14(16-2)11-5-3-4-6-11/h7-9,11,14,16H,3-6H2,1-2H3. The van der Waals surface area contributed by atoms with Crippen LogP contribution in [0, 0.1) is 12.8 Å². The van der Waals surface area contributed by atoms with Crippen molar-refractivity contribution >= 4 is 15.9 Å². The monoisotopic (exact) mass is 281 g/mol. The van der Waals surface area contributed by atoms with E-state index < -0.39 is 0 Å². The molecule has 0 aromatic heterocycles. The summed E-state index contributed by atoms with van der Waals surface area (Å²) >= 11 is 3.62. The van der Waals surface area contributed by atoms with Crippen LogP contribution in [-0.2, 0) is 0 Å². The minimum absolute atomic E-state index is 0.527. The van der Waals surface area contributed by atoms with E-state index in [4.69, 9.17) is 0 Å². The molecule has 0 spiro atoms. The summed E-state index contributed by atoms with van der Waals surface area (Å²) < 4.78 is 1.23. The number of aryl methyl sites for hydroxylation is 1. The lowest BCUT2D eigenvalue weighted by molar-refractivity contribution is 0.390. The number of hydrogen-bond donors (Lipinski definition) is 1. The average Bonchev–Trinajstić information content (AvgIpc) is 2.78. The van der Waals surface area contributed by atoms with Gasteiger partial charge in [0.05, 0.1) is 0 Å². The van der Waals surface area contributed by atoms with Gasteiger partial charge in [-0.25, -0.2) is 0 Å². The molecule has 0 bridgehead atoms. The lowest BCUT2D eigenvalue weighted by Crippen LogP contribution is -2.23. The fourth-order valence-corrected chi connectivity index (χ4v) is 3.16. The molecule has 0 amide bonds. The van der Waals surface area contributed by atoms with Gasteiger partial charge in [-0.1, -0.05) is 40.9 Å². The van der Waals surface area contributed by atoms with Crippen molar-refractivity contribution in [3.63, 3.8) is 0 Å². The molecule has 1 fully saturated rings. The van der Waals surface area contributed by atoms with Gasteiger partial charge in [0.1, 0.15) is 0 Å². The van der Waals surface area contributed by atoms with Crippen LogP contribution in [0.4, 0.5) is 0 Å². The van der Waals surface area contributed by atoms with Gasteiger partial charge < -0.3 is 5.32 Å². The molecule has 0 radical (unpaired) electrons. The second kappa shape index (κ2) is 5.33. The van der Waals surface area contributed by atoms with E-state index in [0.717, 1.165) is 5.92 Å². The normalized spacial score (nSPS) is 18.9. The summed E-state index contributed by atoms with van der Waals surface area (Å²) in [5.74, 6) is 0.819. The molecule has 16 heavy (non-hydrogen) atoms. The quantitative estimate of drug-likeness (QED) is 0.875. The van der Waals surface area contributed by atoms with Crippen molar-refractivity contribution in [1.29, 1.82) is 0 Å². The van der Waals surface area contributed by atoms with Crippen molar-refractivity contribution in [2.24, 2.45) is 5.92 Å². The van der Waals surface area contributed by atoms with Crippen LogP contribution in [0.2, 0.25) is 0 Å². The van der Waals surface area contributed by atoms with Gasteiger partial charge in [-0.15, -0.1) is 0 Å². The predicted molar refractivity (Wildman–Crippen MR) is 72.6 cm³/mol. The van der Waals surface area contributed by atoms with E-state index in [1.54, 1.807) is 0 Å². The number of halogens is 1. The summed E-state index contributed by atoms with van der Waals surface area (Å²) in [6.07, 6.45) is 5.54. The zero-order valence-corrected chi connectivity index (χ0v) is 11.7. The van der Waals surface area contributed by atoms with Crippen LogP contribution in [0.5, 0.6) is 0 Å². The summed E-state index contributed by atoms with van der Waals surface area (Å²) in [5, 5.41) is 3.49. The van der Waals surface area contributed by atoms with Crippen molar-refractivity contribution in [2.45, 2.75) is 38.6 Å². The molecule has 0 heterocycles. The Labute approximate surface area is 107 Å². The van der Waals surface area contributed by atoms with Crippen LogP contribution in [0.15, 0.2) is 22.7 Å². The van der Waals surface area contributed by atoms with Gasteiger partial charge in [-0.3, -0.25) is 0 Å². The van der Waals surface area contributed by atoms with E-state index in [1.165, 1.54) is 41.3 Å². The Morgan fingerprint density at radius 2 is 2.00 bits per heavy atom. The molecular formula is C14H20BrN.